The highest BCUT2D eigenvalue weighted by Gasteiger charge is 2.29. The molecule has 3 heterocycles. The van der Waals surface area contributed by atoms with E-state index in [1.54, 1.807) is 4.90 Å². The molecule has 2 aliphatic rings. The van der Waals surface area contributed by atoms with E-state index < -0.39 is 0 Å². The van der Waals surface area contributed by atoms with Crippen molar-refractivity contribution in [3.05, 3.63) is 52.5 Å². The predicted molar refractivity (Wildman–Crippen MR) is 124 cm³/mol. The topological polar surface area (TPSA) is 53.8 Å². The molecule has 1 aromatic heterocycles. The van der Waals surface area contributed by atoms with Gasteiger partial charge in [-0.1, -0.05) is 25.5 Å². The van der Waals surface area contributed by atoms with Crippen LogP contribution < -0.4 is 9.80 Å². The number of benzene rings is 1. The van der Waals surface area contributed by atoms with Crippen molar-refractivity contribution in [2.75, 3.05) is 44.2 Å². The second kappa shape index (κ2) is 9.77. The van der Waals surface area contributed by atoms with Gasteiger partial charge < -0.3 is 14.7 Å². The van der Waals surface area contributed by atoms with Gasteiger partial charge in [0, 0.05) is 24.1 Å². The smallest absolute Gasteiger partial charge is 0.254 e. The van der Waals surface area contributed by atoms with Gasteiger partial charge in [-0.3, -0.25) is 4.79 Å². The van der Waals surface area contributed by atoms with E-state index in [2.05, 4.69) is 30.9 Å². The molecule has 0 bridgehead atoms. The molecule has 6 nitrogen and oxygen atoms in total. The molecule has 6 heteroatoms. The van der Waals surface area contributed by atoms with Gasteiger partial charge in [0.25, 0.3) is 5.91 Å². The quantitative estimate of drug-likeness (QED) is 0.774. The first-order chi connectivity index (χ1) is 15.1. The van der Waals surface area contributed by atoms with Crippen molar-refractivity contribution in [2.45, 2.75) is 53.0 Å². The van der Waals surface area contributed by atoms with E-state index in [1.807, 2.05) is 24.0 Å². The number of piperazine rings is 1. The van der Waals surface area contributed by atoms with Crippen LogP contribution >= 0.6 is 0 Å². The largest absolute Gasteiger partial charge is 0.345 e. The number of rotatable bonds is 6. The summed E-state index contributed by atoms with van der Waals surface area (Å²) in [5, 5.41) is 0. The summed E-state index contributed by atoms with van der Waals surface area (Å²) in [6, 6.07) is 8.19. The van der Waals surface area contributed by atoms with Crippen LogP contribution in [-0.2, 0) is 19.4 Å². The highest BCUT2D eigenvalue weighted by Crippen LogP contribution is 2.27. The molecule has 0 atom stereocenters. The van der Waals surface area contributed by atoms with Gasteiger partial charge in [0.1, 0.15) is 11.6 Å². The van der Waals surface area contributed by atoms with Gasteiger partial charge in [-0.15, -0.1) is 0 Å². The third kappa shape index (κ3) is 4.90. The third-order valence-electron chi connectivity index (χ3n) is 6.73. The minimum atomic E-state index is 0.111. The lowest BCUT2D eigenvalue weighted by atomic mass is 10.0. The molecule has 1 amide bonds. The summed E-state index contributed by atoms with van der Waals surface area (Å²) in [5.74, 6) is 1.99. The molecule has 1 aromatic carbocycles. The molecular formula is C25H36N5O+. The molecule has 1 saturated heterocycles. The Morgan fingerprint density at radius 3 is 2.48 bits per heavy atom. The van der Waals surface area contributed by atoms with Gasteiger partial charge in [-0.05, 0) is 44.4 Å². The number of fused-ring (bicyclic) bond motifs is 1. The van der Waals surface area contributed by atoms with Crippen molar-refractivity contribution < 1.29 is 9.69 Å². The Morgan fingerprint density at radius 2 is 1.81 bits per heavy atom. The van der Waals surface area contributed by atoms with Crippen LogP contribution in [0.15, 0.2) is 24.3 Å². The van der Waals surface area contributed by atoms with Crippen LogP contribution in [0, 0.1) is 6.92 Å². The van der Waals surface area contributed by atoms with Gasteiger partial charge >= 0.3 is 0 Å². The van der Waals surface area contributed by atoms with Crippen molar-refractivity contribution in [3.8, 4) is 0 Å². The average molecular weight is 423 g/mol. The van der Waals surface area contributed by atoms with Crippen LogP contribution in [0.3, 0.4) is 0 Å². The van der Waals surface area contributed by atoms with Crippen molar-refractivity contribution in [2.24, 2.45) is 0 Å². The Kier molecular flexibility index (Phi) is 6.86. The number of nitrogens with zero attached hydrogens (tertiary/aromatic N) is 4. The summed E-state index contributed by atoms with van der Waals surface area (Å²) in [6.45, 7) is 13.2. The third-order valence-corrected chi connectivity index (χ3v) is 6.73. The zero-order valence-corrected chi connectivity index (χ0v) is 19.3. The highest BCUT2D eigenvalue weighted by atomic mass is 16.2. The van der Waals surface area contributed by atoms with E-state index in [4.69, 9.17) is 9.97 Å². The maximum absolute atomic E-state index is 13.2. The lowest BCUT2D eigenvalue weighted by molar-refractivity contribution is -0.898. The molecule has 166 valence electrons. The highest BCUT2D eigenvalue weighted by molar-refractivity contribution is 5.94. The number of amides is 1. The van der Waals surface area contributed by atoms with E-state index in [0.29, 0.717) is 13.1 Å². The van der Waals surface area contributed by atoms with Crippen molar-refractivity contribution in [1.82, 2.24) is 14.9 Å². The molecule has 0 aliphatic carbocycles. The van der Waals surface area contributed by atoms with E-state index in [-0.39, 0.29) is 5.91 Å². The molecule has 2 aliphatic heterocycles. The molecule has 0 saturated carbocycles. The predicted octanol–water partition coefficient (Wildman–Crippen LogP) is 2.05. The Labute approximate surface area is 186 Å². The number of carbonyl (C=O) groups excluding carboxylic acids is 1. The maximum Gasteiger partial charge on any atom is 0.254 e. The van der Waals surface area contributed by atoms with Crippen molar-refractivity contribution in [1.29, 1.82) is 0 Å². The molecule has 1 fully saturated rings. The first-order valence-corrected chi connectivity index (χ1v) is 11.9. The Balaban J connectivity index is 1.51. The average Bonchev–Trinajstić information content (AvgIpc) is 2.82. The van der Waals surface area contributed by atoms with Gasteiger partial charge in [0.2, 0.25) is 0 Å². The van der Waals surface area contributed by atoms with E-state index in [9.17, 15) is 4.79 Å². The van der Waals surface area contributed by atoms with Gasteiger partial charge in [0.15, 0.2) is 0 Å². The van der Waals surface area contributed by atoms with E-state index >= 15 is 0 Å². The molecule has 2 aromatic rings. The fourth-order valence-electron chi connectivity index (χ4n) is 4.72. The van der Waals surface area contributed by atoms with Gasteiger partial charge in [0.05, 0.1) is 45.0 Å². The summed E-state index contributed by atoms with van der Waals surface area (Å²) in [6.07, 6.45) is 4.25. The van der Waals surface area contributed by atoms with Crippen LogP contribution in [0.5, 0.6) is 0 Å². The number of likely N-dealkylation sites (N-methyl/N-ethyl adjacent to an activating group) is 1. The first-order valence-electron chi connectivity index (χ1n) is 11.9. The summed E-state index contributed by atoms with van der Waals surface area (Å²) < 4.78 is 0. The van der Waals surface area contributed by atoms with Crippen molar-refractivity contribution in [3.63, 3.8) is 0 Å². The summed E-state index contributed by atoms with van der Waals surface area (Å²) in [4.78, 5) is 28.8. The summed E-state index contributed by atoms with van der Waals surface area (Å²) >= 11 is 0. The summed E-state index contributed by atoms with van der Waals surface area (Å²) in [5.41, 5.74) is 4.34. The number of aryl methyl sites for hydroxylation is 2. The zero-order chi connectivity index (χ0) is 21.8. The fraction of sp³-hybridized carbons (Fsp3) is 0.560. The molecule has 0 radical (unpaired) electrons. The van der Waals surface area contributed by atoms with Gasteiger partial charge in [-0.2, -0.15) is 0 Å². The lowest BCUT2D eigenvalue weighted by Crippen LogP contribution is -3.14. The van der Waals surface area contributed by atoms with Crippen LogP contribution in [-0.4, -0.2) is 60.0 Å². The van der Waals surface area contributed by atoms with Gasteiger partial charge in [-0.25, -0.2) is 9.97 Å². The number of anilines is 1. The number of quaternary nitrogens is 1. The molecule has 1 N–H and O–H groups in total. The standard InChI is InChI=1S/C25H35N5O/c1-4-6-7-20-8-10-21(11-9-20)25(31)30-13-12-23-22(18-30)24(27-19(3)26-23)29-16-14-28(5-2)15-17-29/h8-11H,4-7,12-18H2,1-3H3/p+1. The molecular weight excluding hydrogens is 386 g/mol. The summed E-state index contributed by atoms with van der Waals surface area (Å²) in [7, 11) is 0. The van der Waals surface area contributed by atoms with E-state index in [0.717, 1.165) is 67.5 Å². The number of aromatic nitrogens is 2. The zero-order valence-electron chi connectivity index (χ0n) is 19.3. The van der Waals surface area contributed by atoms with Crippen LogP contribution in [0.1, 0.15) is 59.7 Å². The van der Waals surface area contributed by atoms with E-state index in [1.165, 1.54) is 24.9 Å². The molecule has 0 spiro atoms. The normalized spacial score (nSPS) is 17.0. The minimum Gasteiger partial charge on any atom is -0.345 e. The lowest BCUT2D eigenvalue weighted by Gasteiger charge is -2.36. The number of carbonyl (C=O) groups is 1. The van der Waals surface area contributed by atoms with Crippen molar-refractivity contribution >= 4 is 11.7 Å². The second-order valence-electron chi connectivity index (χ2n) is 8.89. The maximum atomic E-state index is 13.2. The SMILES string of the molecule is CCCCc1ccc(C(=O)N2CCc3nc(C)nc(N4CC[NH+](CC)CC4)c3C2)cc1. The number of hydrogen-bond donors (Lipinski definition) is 1. The van der Waals surface area contributed by atoms with Crippen LogP contribution in [0.2, 0.25) is 0 Å². The van der Waals surface area contributed by atoms with Crippen LogP contribution in [0.25, 0.3) is 0 Å². The first kappa shape index (κ1) is 21.8. The Morgan fingerprint density at radius 1 is 1.06 bits per heavy atom. The monoisotopic (exact) mass is 422 g/mol. The second-order valence-corrected chi connectivity index (χ2v) is 8.89. The molecule has 31 heavy (non-hydrogen) atoms. The fourth-order valence-corrected chi connectivity index (χ4v) is 4.72. The number of nitrogens with one attached hydrogen (secondary N) is 1. The number of hydrogen-bond acceptors (Lipinski definition) is 4. The minimum absolute atomic E-state index is 0.111. The Bertz CT molecular complexity index is 903. The Hall–Kier alpha value is -2.47. The van der Waals surface area contributed by atoms with Crippen LogP contribution in [0.4, 0.5) is 5.82 Å². The molecule has 0 unspecified atom stereocenters. The molecule has 4 rings (SSSR count). The number of unbranched alkanes of at least 4 members (excludes halogenated alkanes) is 1.